The normalized spacial score (nSPS) is 21.2. The van der Waals surface area contributed by atoms with Crippen LogP contribution in [0, 0.1) is 0 Å². The Morgan fingerprint density at radius 1 is 1.56 bits per heavy atom. The van der Waals surface area contributed by atoms with Gasteiger partial charge in [-0.3, -0.25) is 14.4 Å². The third kappa shape index (κ3) is 2.41. The van der Waals surface area contributed by atoms with Crippen molar-refractivity contribution in [3.8, 4) is 0 Å². The summed E-state index contributed by atoms with van der Waals surface area (Å²) in [6.07, 6.45) is 5.68. The van der Waals surface area contributed by atoms with E-state index in [-0.39, 0.29) is 12.0 Å². The monoisotopic (exact) mass is 223 g/mol. The van der Waals surface area contributed by atoms with E-state index in [1.165, 1.54) is 7.11 Å². The fourth-order valence-corrected chi connectivity index (χ4v) is 2.16. The maximum Gasteiger partial charge on any atom is 0.323 e. The predicted octanol–water partition coefficient (Wildman–Crippen LogP) is 0.520. The van der Waals surface area contributed by atoms with Gasteiger partial charge in [-0.1, -0.05) is 0 Å². The number of rotatable bonds is 4. The third-order valence-electron chi connectivity index (χ3n) is 3.01. The summed E-state index contributed by atoms with van der Waals surface area (Å²) in [6.45, 7) is 2.64. The molecule has 1 aliphatic heterocycles. The summed E-state index contributed by atoms with van der Waals surface area (Å²) in [5, 5.41) is 4.14. The molecular formula is C11H17N3O2. The number of carbonyl (C=O) groups is 1. The molecule has 1 aliphatic rings. The van der Waals surface area contributed by atoms with Crippen molar-refractivity contribution in [2.45, 2.75) is 25.4 Å². The molecule has 88 valence electrons. The summed E-state index contributed by atoms with van der Waals surface area (Å²) in [7, 11) is 1.45. The first kappa shape index (κ1) is 11.1. The predicted molar refractivity (Wildman–Crippen MR) is 58.8 cm³/mol. The topological polar surface area (TPSA) is 47.4 Å². The Morgan fingerprint density at radius 2 is 2.44 bits per heavy atom. The summed E-state index contributed by atoms with van der Waals surface area (Å²) < 4.78 is 6.68. The molecule has 0 bridgehead atoms. The smallest absolute Gasteiger partial charge is 0.323 e. The number of likely N-dealkylation sites (tertiary alicyclic amines) is 1. The van der Waals surface area contributed by atoms with E-state index in [0.717, 1.165) is 32.5 Å². The van der Waals surface area contributed by atoms with Crippen LogP contribution in [0.15, 0.2) is 18.5 Å². The van der Waals surface area contributed by atoms with E-state index in [1.54, 1.807) is 6.20 Å². The van der Waals surface area contributed by atoms with E-state index < -0.39 is 0 Å². The van der Waals surface area contributed by atoms with Crippen LogP contribution in [0.4, 0.5) is 0 Å². The number of methoxy groups -OCH3 is 1. The lowest BCUT2D eigenvalue weighted by atomic mass is 10.2. The molecule has 0 radical (unpaired) electrons. The zero-order valence-electron chi connectivity index (χ0n) is 9.50. The van der Waals surface area contributed by atoms with Crippen molar-refractivity contribution >= 4 is 5.97 Å². The summed E-state index contributed by atoms with van der Waals surface area (Å²) in [5.74, 6) is -0.113. The minimum absolute atomic E-state index is 0.0550. The molecule has 5 nitrogen and oxygen atoms in total. The number of carbonyl (C=O) groups excluding carboxylic acids is 1. The van der Waals surface area contributed by atoms with Crippen molar-refractivity contribution < 1.29 is 9.53 Å². The van der Waals surface area contributed by atoms with Crippen molar-refractivity contribution in [3.63, 3.8) is 0 Å². The number of aromatic nitrogens is 2. The molecule has 2 heterocycles. The molecule has 1 fully saturated rings. The van der Waals surface area contributed by atoms with Crippen LogP contribution in [-0.2, 0) is 16.1 Å². The van der Waals surface area contributed by atoms with E-state index in [9.17, 15) is 4.79 Å². The van der Waals surface area contributed by atoms with Gasteiger partial charge in [0.1, 0.15) is 6.04 Å². The van der Waals surface area contributed by atoms with Gasteiger partial charge in [-0.2, -0.15) is 5.10 Å². The van der Waals surface area contributed by atoms with Crippen LogP contribution in [0.5, 0.6) is 0 Å². The molecule has 0 aliphatic carbocycles. The van der Waals surface area contributed by atoms with Crippen LogP contribution in [0.1, 0.15) is 12.8 Å². The molecule has 0 amide bonds. The van der Waals surface area contributed by atoms with Crippen LogP contribution in [0.2, 0.25) is 0 Å². The van der Waals surface area contributed by atoms with Gasteiger partial charge < -0.3 is 4.74 Å². The van der Waals surface area contributed by atoms with Crippen molar-refractivity contribution in [1.29, 1.82) is 0 Å². The van der Waals surface area contributed by atoms with Crippen molar-refractivity contribution in [1.82, 2.24) is 14.7 Å². The molecule has 0 saturated carbocycles. The second kappa shape index (κ2) is 5.12. The van der Waals surface area contributed by atoms with Crippen LogP contribution in [0.3, 0.4) is 0 Å². The largest absolute Gasteiger partial charge is 0.468 e. The molecule has 0 N–H and O–H groups in total. The van der Waals surface area contributed by atoms with Gasteiger partial charge in [0.2, 0.25) is 0 Å². The number of ether oxygens (including phenoxy) is 1. The standard InChI is InChI=1S/C11H17N3O2/c1-16-11(15)10-4-2-6-13(10)8-9-14-7-3-5-12-14/h3,5,7,10H,2,4,6,8-9H2,1H3. The average molecular weight is 223 g/mol. The first-order valence-electron chi connectivity index (χ1n) is 5.60. The summed E-state index contributed by atoms with van der Waals surface area (Å²) in [6, 6.07) is 1.85. The molecule has 1 aromatic heterocycles. The van der Waals surface area contributed by atoms with Gasteiger partial charge in [0.25, 0.3) is 0 Å². The Balaban J connectivity index is 1.86. The van der Waals surface area contributed by atoms with Gasteiger partial charge in [0.05, 0.1) is 13.7 Å². The minimum atomic E-state index is -0.113. The Hall–Kier alpha value is -1.36. The molecular weight excluding hydrogens is 206 g/mol. The van der Waals surface area contributed by atoms with Crippen LogP contribution in [0.25, 0.3) is 0 Å². The Kier molecular flexibility index (Phi) is 3.56. The molecule has 0 spiro atoms. The fraction of sp³-hybridized carbons (Fsp3) is 0.636. The molecule has 0 aromatic carbocycles. The molecule has 1 aromatic rings. The SMILES string of the molecule is COC(=O)C1CCCN1CCn1cccn1. The lowest BCUT2D eigenvalue weighted by molar-refractivity contribution is -0.145. The van der Waals surface area contributed by atoms with Gasteiger partial charge in [-0.05, 0) is 25.5 Å². The second-order valence-electron chi connectivity index (χ2n) is 3.99. The number of hydrogen-bond donors (Lipinski definition) is 0. The van der Waals surface area contributed by atoms with Gasteiger partial charge in [0.15, 0.2) is 0 Å². The van der Waals surface area contributed by atoms with Crippen molar-refractivity contribution in [2.24, 2.45) is 0 Å². The Morgan fingerprint density at radius 3 is 3.12 bits per heavy atom. The van der Waals surface area contributed by atoms with E-state index >= 15 is 0 Å². The van der Waals surface area contributed by atoms with E-state index in [1.807, 2.05) is 16.9 Å². The number of nitrogens with zero attached hydrogens (tertiary/aromatic N) is 3. The number of esters is 1. The summed E-state index contributed by atoms with van der Waals surface area (Å²) in [4.78, 5) is 13.7. The molecule has 2 rings (SSSR count). The zero-order valence-corrected chi connectivity index (χ0v) is 9.50. The highest BCUT2D eigenvalue weighted by Gasteiger charge is 2.30. The quantitative estimate of drug-likeness (QED) is 0.698. The third-order valence-corrected chi connectivity index (χ3v) is 3.01. The van der Waals surface area contributed by atoms with Gasteiger partial charge in [-0.25, -0.2) is 0 Å². The minimum Gasteiger partial charge on any atom is -0.468 e. The number of hydrogen-bond acceptors (Lipinski definition) is 4. The van der Waals surface area contributed by atoms with E-state index in [4.69, 9.17) is 4.74 Å². The van der Waals surface area contributed by atoms with Gasteiger partial charge in [0, 0.05) is 18.9 Å². The maximum absolute atomic E-state index is 11.5. The first-order valence-corrected chi connectivity index (χ1v) is 5.60. The molecule has 16 heavy (non-hydrogen) atoms. The average Bonchev–Trinajstić information content (AvgIpc) is 2.96. The maximum atomic E-state index is 11.5. The van der Waals surface area contributed by atoms with Crippen molar-refractivity contribution in [2.75, 3.05) is 20.2 Å². The Labute approximate surface area is 95.0 Å². The molecule has 1 saturated heterocycles. The van der Waals surface area contributed by atoms with Crippen LogP contribution < -0.4 is 0 Å². The Bertz CT molecular complexity index is 337. The van der Waals surface area contributed by atoms with Crippen LogP contribution in [-0.4, -0.2) is 46.9 Å². The zero-order chi connectivity index (χ0) is 11.4. The second-order valence-corrected chi connectivity index (χ2v) is 3.99. The van der Waals surface area contributed by atoms with E-state index in [0.29, 0.717) is 0 Å². The molecule has 5 heteroatoms. The van der Waals surface area contributed by atoms with E-state index in [2.05, 4.69) is 10.00 Å². The van der Waals surface area contributed by atoms with Crippen molar-refractivity contribution in [3.05, 3.63) is 18.5 Å². The first-order chi connectivity index (χ1) is 7.81. The highest BCUT2D eigenvalue weighted by Crippen LogP contribution is 2.17. The molecule has 1 unspecified atom stereocenters. The summed E-state index contributed by atoms with van der Waals surface area (Å²) >= 11 is 0. The molecule has 1 atom stereocenters. The highest BCUT2D eigenvalue weighted by molar-refractivity contribution is 5.75. The highest BCUT2D eigenvalue weighted by atomic mass is 16.5. The lowest BCUT2D eigenvalue weighted by Gasteiger charge is -2.21. The van der Waals surface area contributed by atoms with Gasteiger partial charge >= 0.3 is 5.97 Å². The van der Waals surface area contributed by atoms with Gasteiger partial charge in [-0.15, -0.1) is 0 Å². The lowest BCUT2D eigenvalue weighted by Crippen LogP contribution is -2.38. The fourth-order valence-electron chi connectivity index (χ4n) is 2.16. The summed E-state index contributed by atoms with van der Waals surface area (Å²) in [5.41, 5.74) is 0. The van der Waals surface area contributed by atoms with Crippen LogP contribution >= 0.6 is 0 Å².